The van der Waals surface area contributed by atoms with Gasteiger partial charge in [0.1, 0.15) is 5.56 Å². The molecule has 0 saturated heterocycles. The zero-order valence-corrected chi connectivity index (χ0v) is 12.7. The number of para-hydroxylation sites is 1. The van der Waals surface area contributed by atoms with E-state index in [1.807, 2.05) is 19.1 Å². The molecule has 0 bridgehead atoms. The number of carbonyl (C=O) groups excluding carboxylic acids is 1. The van der Waals surface area contributed by atoms with Crippen LogP contribution in [0.5, 0.6) is 0 Å². The highest BCUT2D eigenvalue weighted by Gasteiger charge is 2.14. The van der Waals surface area contributed by atoms with E-state index in [0.717, 1.165) is 12.0 Å². The maximum atomic E-state index is 12.5. The van der Waals surface area contributed by atoms with Crippen LogP contribution in [-0.2, 0) is 6.42 Å². The second-order valence-corrected chi connectivity index (χ2v) is 5.30. The number of aromatic nitrogens is 1. The Hall–Kier alpha value is -3.08. The summed E-state index contributed by atoms with van der Waals surface area (Å²) in [5.74, 6) is -0.447. The number of nitrogen functional groups attached to an aromatic ring is 1. The van der Waals surface area contributed by atoms with Crippen molar-refractivity contribution in [1.82, 2.24) is 4.98 Å². The smallest absolute Gasteiger partial charge is 0.261 e. The van der Waals surface area contributed by atoms with Crippen LogP contribution in [0.1, 0.15) is 22.8 Å². The SMILES string of the molecule is CCc1ccc(N)cc1NC(=O)c1c[nH]c2ccccc2c1=O. The van der Waals surface area contributed by atoms with Crippen LogP contribution in [0, 0.1) is 0 Å². The molecule has 0 aliphatic rings. The molecule has 3 rings (SSSR count). The predicted octanol–water partition coefficient (Wildman–Crippen LogP) is 2.93. The molecule has 0 saturated carbocycles. The largest absolute Gasteiger partial charge is 0.399 e. The summed E-state index contributed by atoms with van der Waals surface area (Å²) in [5, 5.41) is 3.27. The van der Waals surface area contributed by atoms with Crippen molar-refractivity contribution in [3.63, 3.8) is 0 Å². The number of benzene rings is 2. The van der Waals surface area contributed by atoms with Crippen LogP contribution in [0.25, 0.3) is 10.9 Å². The quantitative estimate of drug-likeness (QED) is 0.650. The molecule has 1 aromatic heterocycles. The third-order valence-electron chi connectivity index (χ3n) is 3.80. The van der Waals surface area contributed by atoms with Gasteiger partial charge < -0.3 is 16.0 Å². The summed E-state index contributed by atoms with van der Waals surface area (Å²) in [6, 6.07) is 12.5. The van der Waals surface area contributed by atoms with Gasteiger partial charge in [0.05, 0.1) is 0 Å². The molecule has 0 aliphatic carbocycles. The summed E-state index contributed by atoms with van der Waals surface area (Å²) in [6.45, 7) is 1.99. The first kappa shape index (κ1) is 14.8. The highest BCUT2D eigenvalue weighted by molar-refractivity contribution is 6.06. The van der Waals surface area contributed by atoms with Gasteiger partial charge >= 0.3 is 0 Å². The topological polar surface area (TPSA) is 88.0 Å². The van der Waals surface area contributed by atoms with Gasteiger partial charge in [0.2, 0.25) is 5.43 Å². The fourth-order valence-electron chi connectivity index (χ4n) is 2.54. The molecule has 0 aliphatic heterocycles. The minimum atomic E-state index is -0.447. The van der Waals surface area contributed by atoms with Crippen molar-refractivity contribution >= 4 is 28.2 Å². The lowest BCUT2D eigenvalue weighted by molar-refractivity contribution is 0.102. The van der Waals surface area contributed by atoms with Gasteiger partial charge in [-0.3, -0.25) is 9.59 Å². The van der Waals surface area contributed by atoms with E-state index in [4.69, 9.17) is 5.73 Å². The van der Waals surface area contributed by atoms with Crippen molar-refractivity contribution in [3.8, 4) is 0 Å². The lowest BCUT2D eigenvalue weighted by Gasteiger charge is -2.11. The van der Waals surface area contributed by atoms with E-state index in [1.165, 1.54) is 6.20 Å². The fourth-order valence-corrected chi connectivity index (χ4v) is 2.54. The summed E-state index contributed by atoms with van der Waals surface area (Å²) in [7, 11) is 0. The Bertz CT molecular complexity index is 944. The van der Waals surface area contributed by atoms with Crippen molar-refractivity contribution in [2.45, 2.75) is 13.3 Å². The molecule has 2 aromatic carbocycles. The summed E-state index contributed by atoms with van der Waals surface area (Å²) in [6.07, 6.45) is 2.20. The average Bonchev–Trinajstić information content (AvgIpc) is 2.55. The molecule has 1 amide bonds. The van der Waals surface area contributed by atoms with Crippen LogP contribution in [-0.4, -0.2) is 10.9 Å². The van der Waals surface area contributed by atoms with Crippen molar-refractivity contribution in [2.75, 3.05) is 11.1 Å². The Balaban J connectivity index is 2.00. The molecule has 23 heavy (non-hydrogen) atoms. The summed E-state index contributed by atoms with van der Waals surface area (Å²) < 4.78 is 0. The highest BCUT2D eigenvalue weighted by atomic mass is 16.2. The number of amides is 1. The number of hydrogen-bond acceptors (Lipinski definition) is 3. The van der Waals surface area contributed by atoms with Gasteiger partial charge in [-0.1, -0.05) is 25.1 Å². The first-order chi connectivity index (χ1) is 11.1. The Morgan fingerprint density at radius 2 is 2.00 bits per heavy atom. The van der Waals surface area contributed by atoms with Crippen molar-refractivity contribution in [1.29, 1.82) is 0 Å². The number of anilines is 2. The van der Waals surface area contributed by atoms with E-state index in [0.29, 0.717) is 22.3 Å². The molecule has 1 heterocycles. The number of carbonyl (C=O) groups is 1. The van der Waals surface area contributed by atoms with E-state index < -0.39 is 5.91 Å². The Kier molecular flexibility index (Phi) is 3.85. The molecule has 0 radical (unpaired) electrons. The maximum absolute atomic E-state index is 12.5. The molecule has 0 unspecified atom stereocenters. The fraction of sp³-hybridized carbons (Fsp3) is 0.111. The highest BCUT2D eigenvalue weighted by Crippen LogP contribution is 2.20. The lowest BCUT2D eigenvalue weighted by Crippen LogP contribution is -2.22. The normalized spacial score (nSPS) is 10.7. The van der Waals surface area contributed by atoms with Crippen molar-refractivity contribution in [2.24, 2.45) is 0 Å². The number of fused-ring (bicyclic) bond motifs is 1. The van der Waals surface area contributed by atoms with Crippen LogP contribution in [0.4, 0.5) is 11.4 Å². The zero-order chi connectivity index (χ0) is 16.4. The second kappa shape index (κ2) is 5.96. The molecule has 116 valence electrons. The van der Waals surface area contributed by atoms with E-state index >= 15 is 0 Å². The van der Waals surface area contributed by atoms with Gasteiger partial charge in [-0.2, -0.15) is 0 Å². The number of hydrogen-bond donors (Lipinski definition) is 3. The van der Waals surface area contributed by atoms with Crippen LogP contribution in [0.2, 0.25) is 0 Å². The molecular weight excluding hydrogens is 290 g/mol. The molecule has 5 nitrogen and oxygen atoms in total. The average molecular weight is 307 g/mol. The van der Waals surface area contributed by atoms with Gasteiger partial charge in [-0.05, 0) is 36.2 Å². The maximum Gasteiger partial charge on any atom is 0.261 e. The third-order valence-corrected chi connectivity index (χ3v) is 3.80. The molecular formula is C18H17N3O2. The van der Waals surface area contributed by atoms with E-state index in [9.17, 15) is 9.59 Å². The van der Waals surface area contributed by atoms with Gasteiger partial charge in [0.25, 0.3) is 5.91 Å². The molecule has 3 aromatic rings. The van der Waals surface area contributed by atoms with Crippen molar-refractivity contribution in [3.05, 3.63) is 70.0 Å². The lowest BCUT2D eigenvalue weighted by atomic mass is 10.1. The Morgan fingerprint density at radius 1 is 1.22 bits per heavy atom. The molecule has 0 atom stereocenters. The van der Waals surface area contributed by atoms with Crippen LogP contribution in [0.15, 0.2) is 53.5 Å². The minimum Gasteiger partial charge on any atom is -0.399 e. The monoisotopic (exact) mass is 307 g/mol. The first-order valence-corrected chi connectivity index (χ1v) is 7.40. The number of nitrogens with one attached hydrogen (secondary N) is 2. The van der Waals surface area contributed by atoms with Gasteiger partial charge in [-0.15, -0.1) is 0 Å². The Labute approximate surface area is 133 Å². The number of aryl methyl sites for hydroxylation is 1. The number of nitrogens with two attached hydrogens (primary N) is 1. The zero-order valence-electron chi connectivity index (χ0n) is 12.7. The third kappa shape index (κ3) is 2.81. The molecule has 4 N–H and O–H groups in total. The van der Waals surface area contributed by atoms with Gasteiger partial charge in [0.15, 0.2) is 0 Å². The minimum absolute atomic E-state index is 0.0770. The molecule has 0 fully saturated rings. The van der Waals surface area contributed by atoms with Gasteiger partial charge in [-0.25, -0.2) is 0 Å². The van der Waals surface area contributed by atoms with E-state index in [2.05, 4.69) is 10.3 Å². The van der Waals surface area contributed by atoms with Crippen LogP contribution in [0.3, 0.4) is 0 Å². The summed E-state index contributed by atoms with van der Waals surface area (Å²) >= 11 is 0. The van der Waals surface area contributed by atoms with Crippen LogP contribution < -0.4 is 16.5 Å². The number of aromatic amines is 1. The number of pyridine rings is 1. The number of H-pyrrole nitrogens is 1. The predicted molar refractivity (Wildman–Crippen MR) is 92.8 cm³/mol. The molecule has 5 heteroatoms. The number of rotatable bonds is 3. The Morgan fingerprint density at radius 3 is 2.78 bits per heavy atom. The summed E-state index contributed by atoms with van der Waals surface area (Å²) in [4.78, 5) is 27.9. The van der Waals surface area contributed by atoms with Crippen molar-refractivity contribution < 1.29 is 4.79 Å². The second-order valence-electron chi connectivity index (χ2n) is 5.30. The van der Waals surface area contributed by atoms with Crippen LogP contribution >= 0.6 is 0 Å². The first-order valence-electron chi connectivity index (χ1n) is 7.40. The standard InChI is InChI=1S/C18H17N3O2/c1-2-11-7-8-12(19)9-16(11)21-18(23)14-10-20-15-6-4-3-5-13(15)17(14)22/h3-10H,2,19H2,1H3,(H,20,22)(H,21,23). The van der Waals surface area contributed by atoms with E-state index in [1.54, 1.807) is 30.3 Å². The van der Waals surface area contributed by atoms with Gasteiger partial charge in [0, 0.05) is 28.5 Å². The molecule has 0 spiro atoms. The van der Waals surface area contributed by atoms with E-state index in [-0.39, 0.29) is 11.0 Å². The summed E-state index contributed by atoms with van der Waals surface area (Å²) in [5.41, 5.74) is 8.42.